The Morgan fingerprint density at radius 1 is 0.393 bits per heavy atom. The van der Waals surface area contributed by atoms with Gasteiger partial charge in [0.05, 0.1) is 0 Å². The number of hydrogen-bond donors (Lipinski definition) is 2. The van der Waals surface area contributed by atoms with Crippen LogP contribution in [0.4, 0.5) is 4.79 Å². The maximum Gasteiger partial charge on any atom is 0.503 e. The molecule has 0 atom stereocenters. The molecule has 0 bridgehead atoms. The van der Waals surface area contributed by atoms with E-state index in [2.05, 4.69) is 97.1 Å². The highest BCUT2D eigenvalue weighted by atomic mass is 16.6. The van der Waals surface area contributed by atoms with Crippen molar-refractivity contribution in [2.45, 2.75) is 0 Å². The quantitative estimate of drug-likeness (QED) is 0.402. The van der Waals surface area contributed by atoms with Crippen molar-refractivity contribution in [1.29, 1.82) is 0 Å². The minimum absolute atomic E-state index is 1.28. The van der Waals surface area contributed by atoms with Gasteiger partial charge in [-0.15, -0.1) is 0 Å². The van der Waals surface area contributed by atoms with Crippen molar-refractivity contribution < 1.29 is 15.0 Å². The van der Waals surface area contributed by atoms with Crippen LogP contribution in [0.5, 0.6) is 0 Å². The summed E-state index contributed by atoms with van der Waals surface area (Å²) in [6.45, 7) is 0. The molecule has 0 unspecified atom stereocenters. The largest absolute Gasteiger partial charge is 0.503 e. The molecular formula is C25H22O3. The Labute approximate surface area is 165 Å². The Hall–Kier alpha value is -3.85. The molecule has 0 amide bonds. The highest BCUT2D eigenvalue weighted by Gasteiger charge is 1.92. The summed E-state index contributed by atoms with van der Waals surface area (Å²) in [6.07, 6.45) is -1.83. The molecule has 140 valence electrons. The molecule has 0 spiro atoms. The fourth-order valence-corrected chi connectivity index (χ4v) is 2.52. The summed E-state index contributed by atoms with van der Waals surface area (Å²) in [5.41, 5.74) is 5.10. The summed E-state index contributed by atoms with van der Waals surface area (Å²) in [6, 6.07) is 41.6. The highest BCUT2D eigenvalue weighted by Crippen LogP contribution is 2.18. The van der Waals surface area contributed by atoms with E-state index in [1.54, 1.807) is 0 Å². The van der Waals surface area contributed by atoms with Crippen LogP contribution < -0.4 is 0 Å². The van der Waals surface area contributed by atoms with Crippen LogP contribution in [-0.4, -0.2) is 16.4 Å². The molecule has 3 heteroatoms. The SMILES string of the molecule is O=C(O)O.c1ccc(-c2ccccc2)cc1.c1ccc(-c2ccccc2)cc1. The molecular weight excluding hydrogens is 348 g/mol. The summed E-state index contributed by atoms with van der Waals surface area (Å²) >= 11 is 0. The molecule has 0 radical (unpaired) electrons. The second-order valence-corrected chi connectivity index (χ2v) is 5.75. The number of rotatable bonds is 2. The zero-order valence-electron chi connectivity index (χ0n) is 15.3. The van der Waals surface area contributed by atoms with Crippen molar-refractivity contribution in [2.75, 3.05) is 0 Å². The summed E-state index contributed by atoms with van der Waals surface area (Å²) in [5.74, 6) is 0. The van der Waals surface area contributed by atoms with Crippen molar-refractivity contribution in [3.8, 4) is 22.3 Å². The monoisotopic (exact) mass is 370 g/mol. The molecule has 0 aliphatic rings. The minimum Gasteiger partial charge on any atom is -0.450 e. The van der Waals surface area contributed by atoms with E-state index in [1.807, 2.05) is 24.3 Å². The number of hydrogen-bond acceptors (Lipinski definition) is 1. The Morgan fingerprint density at radius 2 is 0.536 bits per heavy atom. The minimum atomic E-state index is -1.83. The van der Waals surface area contributed by atoms with Crippen LogP contribution in [0.25, 0.3) is 22.3 Å². The first kappa shape index (κ1) is 20.5. The van der Waals surface area contributed by atoms with Crippen molar-refractivity contribution in [3.63, 3.8) is 0 Å². The predicted molar refractivity (Wildman–Crippen MR) is 114 cm³/mol. The number of carbonyl (C=O) groups is 1. The van der Waals surface area contributed by atoms with E-state index in [1.165, 1.54) is 22.3 Å². The van der Waals surface area contributed by atoms with Gasteiger partial charge in [0.25, 0.3) is 0 Å². The van der Waals surface area contributed by atoms with Gasteiger partial charge >= 0.3 is 6.16 Å². The molecule has 28 heavy (non-hydrogen) atoms. The Kier molecular flexibility index (Phi) is 8.55. The molecule has 2 N–H and O–H groups in total. The molecule has 0 saturated heterocycles. The Morgan fingerprint density at radius 3 is 0.679 bits per heavy atom. The smallest absolute Gasteiger partial charge is 0.450 e. The Bertz CT molecular complexity index is 768. The number of benzene rings is 4. The third-order valence-electron chi connectivity index (χ3n) is 3.76. The first-order valence-electron chi connectivity index (χ1n) is 8.79. The third kappa shape index (κ3) is 7.58. The molecule has 0 aromatic heterocycles. The third-order valence-corrected chi connectivity index (χ3v) is 3.76. The van der Waals surface area contributed by atoms with Crippen LogP contribution >= 0.6 is 0 Å². The molecule has 4 aromatic carbocycles. The van der Waals surface area contributed by atoms with Gasteiger partial charge in [-0.3, -0.25) is 0 Å². The van der Waals surface area contributed by atoms with Crippen molar-refractivity contribution in [1.82, 2.24) is 0 Å². The normalized spacial score (nSPS) is 9.14. The van der Waals surface area contributed by atoms with Crippen LogP contribution in [0, 0.1) is 0 Å². The Balaban J connectivity index is 0.000000169. The first-order chi connectivity index (χ1) is 13.7. The molecule has 3 nitrogen and oxygen atoms in total. The van der Waals surface area contributed by atoms with Crippen LogP contribution in [-0.2, 0) is 0 Å². The average Bonchev–Trinajstić information content (AvgIpc) is 2.76. The van der Waals surface area contributed by atoms with Gasteiger partial charge in [-0.05, 0) is 22.3 Å². The van der Waals surface area contributed by atoms with Gasteiger partial charge in [-0.25, -0.2) is 4.79 Å². The van der Waals surface area contributed by atoms with Crippen LogP contribution in [0.15, 0.2) is 121 Å². The van der Waals surface area contributed by atoms with E-state index in [0.29, 0.717) is 0 Å². The highest BCUT2D eigenvalue weighted by molar-refractivity contribution is 5.63. The second-order valence-electron chi connectivity index (χ2n) is 5.75. The van der Waals surface area contributed by atoms with E-state index in [0.717, 1.165) is 0 Å². The molecule has 0 saturated carbocycles. The topological polar surface area (TPSA) is 57.5 Å². The van der Waals surface area contributed by atoms with Crippen molar-refractivity contribution in [3.05, 3.63) is 121 Å². The van der Waals surface area contributed by atoms with Crippen LogP contribution in [0.2, 0.25) is 0 Å². The average molecular weight is 370 g/mol. The van der Waals surface area contributed by atoms with E-state index < -0.39 is 6.16 Å². The lowest BCUT2D eigenvalue weighted by atomic mass is 10.1. The van der Waals surface area contributed by atoms with Gasteiger partial charge in [0.1, 0.15) is 0 Å². The number of carboxylic acid groups (broad SMARTS) is 2. The van der Waals surface area contributed by atoms with Gasteiger partial charge in [0.2, 0.25) is 0 Å². The van der Waals surface area contributed by atoms with E-state index in [-0.39, 0.29) is 0 Å². The second kappa shape index (κ2) is 11.7. The standard InChI is InChI=1S/2C12H10.CH2O3/c2*1-3-7-11(8-4-1)12-9-5-2-6-10-12;2-1(3)4/h2*1-10H;(H2,2,3,4). The molecule has 4 rings (SSSR count). The molecule has 0 aliphatic carbocycles. The van der Waals surface area contributed by atoms with Gasteiger partial charge in [0.15, 0.2) is 0 Å². The molecule has 0 fully saturated rings. The molecule has 0 aliphatic heterocycles. The molecule has 0 heterocycles. The van der Waals surface area contributed by atoms with Crippen LogP contribution in [0.1, 0.15) is 0 Å². The summed E-state index contributed by atoms with van der Waals surface area (Å²) in [7, 11) is 0. The zero-order chi connectivity index (χ0) is 20.0. The van der Waals surface area contributed by atoms with Gasteiger partial charge in [-0.1, -0.05) is 121 Å². The fraction of sp³-hybridized carbons (Fsp3) is 0. The first-order valence-corrected chi connectivity index (χ1v) is 8.79. The van der Waals surface area contributed by atoms with E-state index >= 15 is 0 Å². The summed E-state index contributed by atoms with van der Waals surface area (Å²) in [4.78, 5) is 8.56. The maximum absolute atomic E-state index is 8.56. The van der Waals surface area contributed by atoms with Crippen molar-refractivity contribution >= 4 is 6.16 Å². The molecule has 4 aromatic rings. The van der Waals surface area contributed by atoms with Crippen LogP contribution in [0.3, 0.4) is 0 Å². The van der Waals surface area contributed by atoms with E-state index in [4.69, 9.17) is 15.0 Å². The van der Waals surface area contributed by atoms with Crippen molar-refractivity contribution in [2.24, 2.45) is 0 Å². The lowest BCUT2D eigenvalue weighted by Gasteiger charge is -1.98. The van der Waals surface area contributed by atoms with E-state index in [9.17, 15) is 0 Å². The lowest BCUT2D eigenvalue weighted by Crippen LogP contribution is -1.81. The lowest BCUT2D eigenvalue weighted by molar-refractivity contribution is 0.137. The van der Waals surface area contributed by atoms with Gasteiger partial charge < -0.3 is 10.2 Å². The van der Waals surface area contributed by atoms with Gasteiger partial charge in [-0.2, -0.15) is 0 Å². The maximum atomic E-state index is 8.56. The predicted octanol–water partition coefficient (Wildman–Crippen LogP) is 6.93. The summed E-state index contributed by atoms with van der Waals surface area (Å²) < 4.78 is 0. The fourth-order valence-electron chi connectivity index (χ4n) is 2.52. The van der Waals surface area contributed by atoms with Gasteiger partial charge in [0, 0.05) is 0 Å². The zero-order valence-corrected chi connectivity index (χ0v) is 15.3. The summed E-state index contributed by atoms with van der Waals surface area (Å²) in [5, 5.41) is 13.9.